The van der Waals surface area contributed by atoms with Gasteiger partial charge in [0.25, 0.3) is 0 Å². The molecule has 0 amide bonds. The van der Waals surface area contributed by atoms with Crippen LogP contribution in [0.4, 0.5) is 0 Å². The molecule has 0 atom stereocenters. The maximum atomic E-state index is 13.0. The van der Waals surface area contributed by atoms with Gasteiger partial charge >= 0.3 is 0 Å². The lowest BCUT2D eigenvalue weighted by Crippen LogP contribution is -2.49. The fourth-order valence-electron chi connectivity index (χ4n) is 3.63. The maximum absolute atomic E-state index is 13.0. The zero-order valence-electron chi connectivity index (χ0n) is 16.7. The van der Waals surface area contributed by atoms with Crippen LogP contribution in [-0.2, 0) is 16.7 Å². The van der Waals surface area contributed by atoms with E-state index in [-0.39, 0.29) is 4.90 Å². The van der Waals surface area contributed by atoms with Gasteiger partial charge in [0, 0.05) is 31.7 Å². The quantitative estimate of drug-likeness (QED) is 0.626. The first-order valence-corrected chi connectivity index (χ1v) is 10.9. The number of rotatable bonds is 5. The van der Waals surface area contributed by atoms with Crippen LogP contribution in [0.15, 0.2) is 39.8 Å². The second-order valence-corrected chi connectivity index (χ2v) is 9.04. The molecule has 0 unspecified atom stereocenters. The molecular weight excluding hydrogens is 392 g/mol. The molecular formula is C19H24N6O3S. The van der Waals surface area contributed by atoms with Crippen LogP contribution in [0.1, 0.15) is 17.3 Å². The predicted molar refractivity (Wildman–Crippen MR) is 107 cm³/mol. The summed E-state index contributed by atoms with van der Waals surface area (Å²) in [6.07, 6.45) is 0. The molecule has 1 saturated heterocycles. The van der Waals surface area contributed by atoms with Gasteiger partial charge in [0.15, 0.2) is 11.6 Å². The molecule has 2 aromatic heterocycles. The average molecular weight is 417 g/mol. The lowest BCUT2D eigenvalue weighted by molar-refractivity contribution is 0.146. The molecule has 0 saturated carbocycles. The topological polar surface area (TPSA) is 97.4 Å². The smallest absolute Gasteiger partial charge is 0.248 e. The molecule has 1 aliphatic rings. The van der Waals surface area contributed by atoms with Crippen LogP contribution in [0.25, 0.3) is 11.4 Å². The van der Waals surface area contributed by atoms with Crippen LogP contribution in [-0.4, -0.2) is 63.7 Å². The monoisotopic (exact) mass is 416 g/mol. The molecule has 3 heterocycles. The fourth-order valence-corrected chi connectivity index (χ4v) is 5.34. The third-order valence-corrected chi connectivity index (χ3v) is 7.18. The molecule has 3 aromatic rings. The number of hydrogen-bond donors (Lipinski definition) is 0. The zero-order chi connectivity index (χ0) is 20.6. The van der Waals surface area contributed by atoms with Gasteiger partial charge in [-0.05, 0) is 20.8 Å². The summed E-state index contributed by atoms with van der Waals surface area (Å²) in [6, 6.07) is 9.93. The predicted octanol–water partition coefficient (Wildman–Crippen LogP) is 1.82. The maximum Gasteiger partial charge on any atom is 0.248 e. The number of piperazine rings is 1. The number of sulfonamides is 1. The Kier molecular flexibility index (Phi) is 5.24. The Hall–Kier alpha value is -2.56. The summed E-state index contributed by atoms with van der Waals surface area (Å²) in [5, 5.41) is 8.30. The third kappa shape index (κ3) is 3.83. The van der Waals surface area contributed by atoms with Crippen LogP contribution in [0.5, 0.6) is 0 Å². The van der Waals surface area contributed by atoms with Gasteiger partial charge in [-0.1, -0.05) is 35.5 Å². The van der Waals surface area contributed by atoms with Gasteiger partial charge in [0.05, 0.1) is 6.67 Å². The minimum absolute atomic E-state index is 0.184. The second-order valence-electron chi connectivity index (χ2n) is 7.17. The van der Waals surface area contributed by atoms with Crippen LogP contribution >= 0.6 is 0 Å². The van der Waals surface area contributed by atoms with Crippen molar-refractivity contribution in [3.05, 3.63) is 47.6 Å². The Morgan fingerprint density at radius 1 is 1.03 bits per heavy atom. The first kappa shape index (κ1) is 19.7. The molecule has 0 aliphatic carbocycles. The molecule has 1 aliphatic heterocycles. The van der Waals surface area contributed by atoms with Crippen LogP contribution in [0, 0.1) is 20.8 Å². The Balaban J connectivity index is 1.47. The van der Waals surface area contributed by atoms with E-state index < -0.39 is 10.0 Å². The number of aromatic nitrogens is 4. The summed E-state index contributed by atoms with van der Waals surface area (Å²) in [7, 11) is -3.61. The van der Waals surface area contributed by atoms with Gasteiger partial charge in [-0.3, -0.25) is 4.90 Å². The zero-order valence-corrected chi connectivity index (χ0v) is 17.6. The largest absolute Gasteiger partial charge is 0.360 e. The highest BCUT2D eigenvalue weighted by Crippen LogP contribution is 2.24. The SMILES string of the molecule is Cc1nc(-c2ccccc2)n(CN2CCN(S(=O)(=O)c3c(C)noc3C)CC2)n1. The molecule has 154 valence electrons. The highest BCUT2D eigenvalue weighted by atomic mass is 32.2. The van der Waals surface area contributed by atoms with Crippen molar-refractivity contribution in [1.82, 2.24) is 29.1 Å². The first-order chi connectivity index (χ1) is 13.9. The van der Waals surface area contributed by atoms with Crippen molar-refractivity contribution in [2.75, 3.05) is 26.2 Å². The van der Waals surface area contributed by atoms with E-state index in [9.17, 15) is 8.42 Å². The van der Waals surface area contributed by atoms with Crippen molar-refractivity contribution in [2.24, 2.45) is 0 Å². The van der Waals surface area contributed by atoms with Crippen LogP contribution in [0.3, 0.4) is 0 Å². The molecule has 0 spiro atoms. The van der Waals surface area contributed by atoms with Gasteiger partial charge in [-0.15, -0.1) is 0 Å². The first-order valence-electron chi connectivity index (χ1n) is 9.48. The van der Waals surface area contributed by atoms with Crippen LogP contribution in [0.2, 0.25) is 0 Å². The second kappa shape index (κ2) is 7.69. The molecule has 9 nitrogen and oxygen atoms in total. The fraction of sp³-hybridized carbons (Fsp3) is 0.421. The van der Waals surface area contributed by atoms with Gasteiger partial charge in [0.1, 0.15) is 16.4 Å². The Bertz CT molecular complexity index is 1080. The minimum atomic E-state index is -3.61. The summed E-state index contributed by atoms with van der Waals surface area (Å²) in [5.41, 5.74) is 1.41. The molecule has 10 heteroatoms. The number of aryl methyl sites for hydroxylation is 3. The van der Waals surface area contributed by atoms with Crippen molar-refractivity contribution in [3.8, 4) is 11.4 Å². The van der Waals surface area contributed by atoms with Gasteiger partial charge in [-0.25, -0.2) is 18.1 Å². The van der Waals surface area contributed by atoms with Crippen LogP contribution < -0.4 is 0 Å². The highest BCUT2D eigenvalue weighted by molar-refractivity contribution is 7.89. The van der Waals surface area contributed by atoms with E-state index >= 15 is 0 Å². The molecule has 1 fully saturated rings. The van der Waals surface area contributed by atoms with E-state index in [0.29, 0.717) is 50.1 Å². The lowest BCUT2D eigenvalue weighted by Gasteiger charge is -2.33. The molecule has 1 aromatic carbocycles. The van der Waals surface area contributed by atoms with Gasteiger partial charge in [0.2, 0.25) is 10.0 Å². The number of nitrogens with zero attached hydrogens (tertiary/aromatic N) is 6. The molecule has 0 radical (unpaired) electrons. The van der Waals surface area contributed by atoms with Crippen molar-refractivity contribution in [2.45, 2.75) is 32.3 Å². The van der Waals surface area contributed by atoms with Gasteiger partial charge < -0.3 is 4.52 Å². The molecule has 0 bridgehead atoms. The highest BCUT2D eigenvalue weighted by Gasteiger charge is 2.33. The average Bonchev–Trinajstić information content (AvgIpc) is 3.24. The normalized spacial score (nSPS) is 16.4. The molecule has 29 heavy (non-hydrogen) atoms. The summed E-state index contributed by atoms with van der Waals surface area (Å²) < 4.78 is 34.4. The van der Waals surface area contributed by atoms with E-state index in [1.54, 1.807) is 13.8 Å². The number of benzene rings is 1. The Morgan fingerprint density at radius 2 is 1.72 bits per heavy atom. The van der Waals surface area contributed by atoms with Crippen molar-refractivity contribution in [3.63, 3.8) is 0 Å². The summed E-state index contributed by atoms with van der Waals surface area (Å²) in [5.74, 6) is 1.85. The summed E-state index contributed by atoms with van der Waals surface area (Å²) in [6.45, 7) is 7.73. The molecule has 0 N–H and O–H groups in total. The van der Waals surface area contributed by atoms with Crippen molar-refractivity contribution in [1.29, 1.82) is 0 Å². The number of hydrogen-bond acceptors (Lipinski definition) is 7. The van der Waals surface area contributed by atoms with E-state index in [1.165, 1.54) is 4.31 Å². The van der Waals surface area contributed by atoms with E-state index in [4.69, 9.17) is 4.52 Å². The Labute approximate surface area is 170 Å². The summed E-state index contributed by atoms with van der Waals surface area (Å²) >= 11 is 0. The Morgan fingerprint density at radius 3 is 2.34 bits per heavy atom. The van der Waals surface area contributed by atoms with Crippen molar-refractivity contribution < 1.29 is 12.9 Å². The molecule has 4 rings (SSSR count). The van der Waals surface area contributed by atoms with E-state index in [1.807, 2.05) is 41.9 Å². The van der Waals surface area contributed by atoms with E-state index in [2.05, 4.69) is 20.1 Å². The van der Waals surface area contributed by atoms with E-state index in [0.717, 1.165) is 11.4 Å². The third-order valence-electron chi connectivity index (χ3n) is 5.04. The standard InChI is InChI=1S/C19H24N6O3S/c1-14-18(15(2)28-22-14)29(26,27)24-11-9-23(10-12-24)13-25-19(20-16(3)21-25)17-7-5-4-6-8-17/h4-8H,9-13H2,1-3H3. The van der Waals surface area contributed by atoms with Gasteiger partial charge in [-0.2, -0.15) is 9.40 Å². The minimum Gasteiger partial charge on any atom is -0.360 e. The lowest BCUT2D eigenvalue weighted by atomic mass is 10.2. The summed E-state index contributed by atoms with van der Waals surface area (Å²) in [4.78, 5) is 6.92. The van der Waals surface area contributed by atoms with Crippen molar-refractivity contribution >= 4 is 10.0 Å².